The Labute approximate surface area is 488 Å². The molecule has 24 heteroatoms. The summed E-state index contributed by atoms with van der Waals surface area (Å²) in [6.07, 6.45) is 20.8. The van der Waals surface area contributed by atoms with Gasteiger partial charge in [0.2, 0.25) is 17.7 Å². The average molecular weight is 1210 g/mol. The number of anilines is 1. The average Bonchev–Trinajstić information content (AvgIpc) is 1.88. The van der Waals surface area contributed by atoms with Crippen molar-refractivity contribution in [2.45, 2.75) is 189 Å². The van der Waals surface area contributed by atoms with Crippen LogP contribution >= 0.6 is 0 Å². The lowest BCUT2D eigenvalue weighted by atomic mass is 9.71. The lowest BCUT2D eigenvalue weighted by molar-refractivity contribution is -0.197. The Bertz CT molecular complexity index is 3170. The molecular weight excluding hydrogens is 1130 g/mol. The molecule has 0 spiro atoms. The van der Waals surface area contributed by atoms with E-state index >= 15 is 0 Å². The summed E-state index contributed by atoms with van der Waals surface area (Å²) in [6.45, 7) is 6.62. The van der Waals surface area contributed by atoms with Gasteiger partial charge in [0.1, 0.15) is 16.2 Å². The first-order chi connectivity index (χ1) is 39.2. The summed E-state index contributed by atoms with van der Waals surface area (Å²) in [4.78, 5) is 82.0. The van der Waals surface area contributed by atoms with Crippen molar-refractivity contribution in [3.63, 3.8) is 0 Å². The standard InChI is InChI=1S/C59H81N5O16S3/c1-58(2)44-20-9-5-10-22-51-59(3,48-41-46(83(77,78)79)30-31-50(48)63(51)37-18-38-81(71,72)73)34-15-6-12-23-52(65)60-35-17-14-21-49(57(70)61-36-16-7-13-25-56(69)80-64-54(67)32-33-55(64)68)62-53(66)24-11-4-8-19-42(26-28-44)39-43-27-29-45(40-47(43)58)82(74,75)76/h5,9-10,20,22,27-31,40-42,49H,4,6-8,11-19,21,23-26,32-39H2,1-3H3,(H,60,65)(H,61,70)(H,62,66)(H,71,72,73)(H,74,75,76)(H,77,78,79)/p-1/b10-5+,20-9+,44-28?,51-22-. The second-order valence-electron chi connectivity index (χ2n) is 22.7. The van der Waals surface area contributed by atoms with Crippen LogP contribution < -0.4 is 20.9 Å². The highest BCUT2D eigenvalue weighted by molar-refractivity contribution is 7.86. The van der Waals surface area contributed by atoms with Gasteiger partial charge in [-0.3, -0.25) is 33.1 Å². The molecule has 1 saturated heterocycles. The topological polar surface area (TPSA) is 320 Å². The highest BCUT2D eigenvalue weighted by atomic mass is 32.2. The monoisotopic (exact) mass is 1210 g/mol. The van der Waals surface area contributed by atoms with E-state index in [1.54, 1.807) is 12.1 Å². The van der Waals surface area contributed by atoms with Gasteiger partial charge in [-0.1, -0.05) is 82.4 Å². The van der Waals surface area contributed by atoms with Crippen molar-refractivity contribution in [3.05, 3.63) is 101 Å². The maximum Gasteiger partial charge on any atom is 0.333 e. The molecule has 0 saturated carbocycles. The van der Waals surface area contributed by atoms with Gasteiger partial charge >= 0.3 is 5.97 Å². The fraction of sp³-hybridized carbons (Fsp3) is 0.559. The predicted molar refractivity (Wildman–Crippen MR) is 309 cm³/mol. The lowest BCUT2D eigenvalue weighted by Crippen LogP contribution is -2.47. The van der Waals surface area contributed by atoms with Crippen molar-refractivity contribution in [1.82, 2.24) is 21.0 Å². The zero-order valence-corrected chi connectivity index (χ0v) is 50.1. The summed E-state index contributed by atoms with van der Waals surface area (Å²) in [5.41, 5.74) is 2.70. The SMILES string of the molecule is CC1(C)C2=CCC(CCCCCC(=O)NC(C(=O)NCCCCCC(=O)ON3C(=O)CCC3=O)CCCCNC(=O)CCCCCC3(C)/C(=C/C=C/C=C/2)N(CCCS(=O)(=O)O)c2ccc(S(=O)(=O)O)cc23)Cc2ccc(S(=O)(=O)[O-])cc21. The molecular formula is C59H80N5O16S3-. The van der Waals surface area contributed by atoms with Crippen LogP contribution in [0.2, 0.25) is 0 Å². The van der Waals surface area contributed by atoms with E-state index in [4.69, 9.17) is 4.84 Å². The van der Waals surface area contributed by atoms with Crippen molar-refractivity contribution in [1.29, 1.82) is 0 Å². The number of nitrogens with zero attached hydrogens (tertiary/aromatic N) is 2. The van der Waals surface area contributed by atoms with E-state index in [0.717, 1.165) is 24.0 Å². The summed E-state index contributed by atoms with van der Waals surface area (Å²) in [6, 6.07) is 7.95. The van der Waals surface area contributed by atoms with E-state index in [1.165, 1.54) is 24.3 Å². The quantitative estimate of drug-likeness (QED) is 0.0689. The molecule has 1 fully saturated rings. The van der Waals surface area contributed by atoms with E-state index in [0.29, 0.717) is 124 Å². The van der Waals surface area contributed by atoms with Gasteiger partial charge in [-0.2, -0.15) is 16.8 Å². The molecule has 0 radical (unpaired) electrons. The third kappa shape index (κ3) is 19.2. The van der Waals surface area contributed by atoms with Crippen LogP contribution in [0, 0.1) is 5.92 Å². The highest BCUT2D eigenvalue weighted by Crippen LogP contribution is 2.51. The molecule has 3 atom stereocenters. The molecule has 1 aliphatic carbocycles. The van der Waals surface area contributed by atoms with Crippen molar-refractivity contribution in [2.75, 3.05) is 30.3 Å². The Balaban J connectivity index is 1.22. The van der Waals surface area contributed by atoms with Crippen molar-refractivity contribution in [2.24, 2.45) is 5.92 Å². The molecule has 21 nitrogen and oxygen atoms in total. The third-order valence-corrected chi connectivity index (χ3v) is 18.5. The lowest BCUT2D eigenvalue weighted by Gasteiger charge is -2.34. The van der Waals surface area contributed by atoms with Crippen LogP contribution in [-0.2, 0) is 81.2 Å². The number of amides is 5. The van der Waals surface area contributed by atoms with Crippen molar-refractivity contribution in [3.8, 4) is 0 Å². The van der Waals surface area contributed by atoms with E-state index in [1.807, 2.05) is 56.1 Å². The number of carbonyl (C=O) groups excluding carboxylic acids is 6. The molecule has 4 aliphatic rings. The van der Waals surface area contributed by atoms with E-state index in [9.17, 15) is 67.7 Å². The van der Waals surface area contributed by atoms with Crippen LogP contribution in [0.15, 0.2) is 93.9 Å². The van der Waals surface area contributed by atoms with E-state index in [2.05, 4.69) is 22.0 Å². The van der Waals surface area contributed by atoms with Crippen LogP contribution in [0.5, 0.6) is 0 Å². The van der Waals surface area contributed by atoms with Gasteiger partial charge in [-0.05, 0) is 149 Å². The fourth-order valence-electron chi connectivity index (χ4n) is 11.4. The number of unbranched alkanes of at least 4 members (excludes halogenated alkanes) is 2. The molecule has 83 heavy (non-hydrogen) atoms. The smallest absolute Gasteiger partial charge is 0.333 e. The molecule has 5 amide bonds. The fourth-order valence-corrected chi connectivity index (χ4v) is 12.9. The Kier molecular flexibility index (Phi) is 23.6. The molecule has 6 rings (SSSR count). The zero-order valence-electron chi connectivity index (χ0n) is 47.7. The van der Waals surface area contributed by atoms with Gasteiger partial charge in [-0.25, -0.2) is 13.2 Å². The minimum atomic E-state index is -4.79. The molecule has 2 bridgehead atoms. The number of hydrogen-bond acceptors (Lipinski definition) is 15. The zero-order chi connectivity index (χ0) is 60.6. The number of carbonyl (C=O) groups is 6. The van der Waals surface area contributed by atoms with Gasteiger partial charge in [0.05, 0.1) is 15.5 Å². The van der Waals surface area contributed by atoms with Crippen LogP contribution in [0.1, 0.15) is 172 Å². The molecule has 456 valence electrons. The second-order valence-corrected chi connectivity index (χ2v) is 27.1. The molecule has 0 aromatic heterocycles. The summed E-state index contributed by atoms with van der Waals surface area (Å²) in [5, 5.41) is 9.26. The van der Waals surface area contributed by atoms with Gasteiger partial charge in [0.15, 0.2) is 0 Å². The van der Waals surface area contributed by atoms with E-state index in [-0.39, 0.29) is 85.0 Å². The van der Waals surface area contributed by atoms with Crippen molar-refractivity contribution >= 4 is 71.5 Å². The minimum absolute atomic E-state index is 0.00464. The van der Waals surface area contributed by atoms with E-state index < -0.39 is 70.8 Å². The Morgan fingerprint density at radius 3 is 2.16 bits per heavy atom. The summed E-state index contributed by atoms with van der Waals surface area (Å²) in [7, 11) is -13.7. The molecule has 3 heterocycles. The van der Waals surface area contributed by atoms with Crippen molar-refractivity contribution < 1.29 is 72.5 Å². The summed E-state index contributed by atoms with van der Waals surface area (Å²) >= 11 is 0. The minimum Gasteiger partial charge on any atom is -0.744 e. The molecule has 3 aliphatic heterocycles. The van der Waals surface area contributed by atoms with Crippen LogP contribution in [0.4, 0.5) is 5.69 Å². The number of imide groups is 1. The Morgan fingerprint density at radius 1 is 0.759 bits per heavy atom. The van der Waals surface area contributed by atoms with Gasteiger partial charge in [0.25, 0.3) is 32.1 Å². The molecule has 2 aromatic rings. The normalized spacial score (nSPS) is 23.6. The maximum atomic E-state index is 13.6. The van der Waals surface area contributed by atoms with Gasteiger partial charge < -0.3 is 30.2 Å². The number of nitrogens with one attached hydrogen (secondary N) is 3. The first-order valence-electron chi connectivity index (χ1n) is 28.8. The Hall–Kier alpha value is -6.05. The number of hydroxylamine groups is 2. The highest BCUT2D eigenvalue weighted by Gasteiger charge is 2.44. The number of hydrogen-bond donors (Lipinski definition) is 5. The number of allylic oxidation sites excluding steroid dienone is 8. The maximum absolute atomic E-state index is 13.6. The van der Waals surface area contributed by atoms with Crippen LogP contribution in [0.25, 0.3) is 0 Å². The number of fused-ring (bicyclic) bond motifs is 6. The first-order valence-corrected chi connectivity index (χ1v) is 33.2. The molecule has 5 N–H and O–H groups in total. The first kappa shape index (κ1) is 66.1. The van der Waals surface area contributed by atoms with Gasteiger partial charge in [-0.15, -0.1) is 5.06 Å². The molecule has 2 aromatic carbocycles. The largest absolute Gasteiger partial charge is 0.744 e. The van der Waals surface area contributed by atoms with Crippen LogP contribution in [0.3, 0.4) is 0 Å². The number of benzene rings is 2. The number of rotatable bonds is 14. The summed E-state index contributed by atoms with van der Waals surface area (Å²) < 4.78 is 106. The second kappa shape index (κ2) is 29.7. The summed E-state index contributed by atoms with van der Waals surface area (Å²) in [5.74, 6) is -3.04. The van der Waals surface area contributed by atoms with Gasteiger partial charge in [0, 0.05) is 74.0 Å². The Morgan fingerprint density at radius 2 is 1.45 bits per heavy atom. The molecule has 3 unspecified atom stereocenters. The third-order valence-electron chi connectivity index (χ3n) is 16.0. The predicted octanol–water partition coefficient (Wildman–Crippen LogP) is 7.63. The van der Waals surface area contributed by atoms with Crippen LogP contribution in [-0.4, -0.2) is 111 Å².